The normalized spacial score (nSPS) is 16.1. The number of ether oxygens (including phenoxy) is 1. The van der Waals surface area contributed by atoms with E-state index >= 15 is 4.39 Å². The number of hydrogen-bond donors (Lipinski definition) is 2. The number of anilines is 1. The van der Waals surface area contributed by atoms with Crippen LogP contribution in [0.15, 0.2) is 41.0 Å². The number of nitrogens with zero attached hydrogens (tertiary/aromatic N) is 5. The maximum Gasteiger partial charge on any atom is 0.259 e. The zero-order valence-electron chi connectivity index (χ0n) is 19.9. The molecule has 0 radical (unpaired) electrons. The largest absolute Gasteiger partial charge is 0.494 e. The van der Waals surface area contributed by atoms with Crippen LogP contribution in [0.1, 0.15) is 38.8 Å². The van der Waals surface area contributed by atoms with Crippen LogP contribution in [0.2, 0.25) is 5.15 Å². The van der Waals surface area contributed by atoms with Crippen LogP contribution in [-0.2, 0) is 6.42 Å². The number of aliphatic hydroxyl groups is 1. The minimum Gasteiger partial charge on any atom is -0.494 e. The number of benzene rings is 1. The summed E-state index contributed by atoms with van der Waals surface area (Å²) in [6, 6.07) is 8.93. The van der Waals surface area contributed by atoms with E-state index in [1.807, 2.05) is 6.07 Å². The highest BCUT2D eigenvalue weighted by atomic mass is 35.5. The molecule has 13 heteroatoms. The monoisotopic (exact) mass is 568 g/mol. The number of fused-ring (bicyclic) bond motifs is 1. The fourth-order valence-corrected chi connectivity index (χ4v) is 6.46. The molecule has 38 heavy (non-hydrogen) atoms. The van der Waals surface area contributed by atoms with E-state index in [4.69, 9.17) is 21.6 Å². The van der Waals surface area contributed by atoms with Gasteiger partial charge in [0.25, 0.3) is 5.91 Å². The molecular weight excluding hydrogens is 551 g/mol. The van der Waals surface area contributed by atoms with Crippen molar-refractivity contribution in [2.45, 2.75) is 29.0 Å². The van der Waals surface area contributed by atoms with Crippen LogP contribution in [0.25, 0.3) is 11.1 Å². The Morgan fingerprint density at radius 3 is 2.89 bits per heavy atom. The van der Waals surface area contributed by atoms with Gasteiger partial charge in [0.2, 0.25) is 5.13 Å². The van der Waals surface area contributed by atoms with Gasteiger partial charge in [-0.25, -0.2) is 9.37 Å². The molecule has 0 unspecified atom stereocenters. The number of pyridine rings is 2. The van der Waals surface area contributed by atoms with Crippen molar-refractivity contribution in [3.05, 3.63) is 75.6 Å². The lowest BCUT2D eigenvalue weighted by molar-refractivity contribution is 0.102. The number of aliphatic hydroxyl groups excluding tert-OH is 1. The van der Waals surface area contributed by atoms with Crippen molar-refractivity contribution in [1.29, 1.82) is 5.26 Å². The molecule has 3 aromatic heterocycles. The van der Waals surface area contributed by atoms with Crippen molar-refractivity contribution in [1.82, 2.24) is 20.2 Å². The van der Waals surface area contributed by atoms with Crippen LogP contribution < -0.4 is 10.1 Å². The summed E-state index contributed by atoms with van der Waals surface area (Å²) in [5.41, 5.74) is 3.06. The van der Waals surface area contributed by atoms with Crippen molar-refractivity contribution in [3.63, 3.8) is 0 Å². The molecule has 0 bridgehead atoms. The van der Waals surface area contributed by atoms with E-state index in [2.05, 4.69) is 31.6 Å². The second-order valence-corrected chi connectivity index (χ2v) is 11.2. The Kier molecular flexibility index (Phi) is 7.27. The van der Waals surface area contributed by atoms with Crippen LogP contribution in [0.5, 0.6) is 5.75 Å². The third kappa shape index (κ3) is 4.93. The Bertz CT molecular complexity index is 1610. The number of aromatic nitrogens is 4. The molecule has 5 rings (SSSR count). The summed E-state index contributed by atoms with van der Waals surface area (Å²) in [7, 11) is 1.37. The number of carbonyl (C=O) groups is 1. The number of halogens is 2. The molecule has 2 N–H and O–H groups in total. The van der Waals surface area contributed by atoms with E-state index in [-0.39, 0.29) is 38.0 Å². The highest BCUT2D eigenvalue weighted by Crippen LogP contribution is 2.43. The molecule has 0 spiro atoms. The lowest BCUT2D eigenvalue weighted by Gasteiger charge is -2.14. The predicted molar refractivity (Wildman–Crippen MR) is 141 cm³/mol. The third-order valence-corrected chi connectivity index (χ3v) is 8.41. The van der Waals surface area contributed by atoms with Crippen molar-refractivity contribution in [2.24, 2.45) is 0 Å². The smallest absolute Gasteiger partial charge is 0.259 e. The van der Waals surface area contributed by atoms with E-state index in [0.717, 1.165) is 22.5 Å². The summed E-state index contributed by atoms with van der Waals surface area (Å²) in [4.78, 5) is 21.2. The van der Waals surface area contributed by atoms with Crippen LogP contribution in [-0.4, -0.2) is 43.5 Å². The minimum atomic E-state index is -0.821. The number of hydrogen-bond acceptors (Lipinski definition) is 10. The van der Waals surface area contributed by atoms with E-state index in [0.29, 0.717) is 22.0 Å². The zero-order valence-corrected chi connectivity index (χ0v) is 22.3. The SMILES string of the molecule is COc1cnc(Cl)c(F)c1-c1cc(C)ncc1C(=O)Nc1nnc(S[C@H]2Cc3ccc(C#N)cc3[C@H]2O)s1. The molecule has 2 atom stereocenters. The number of rotatable bonds is 6. The first kappa shape index (κ1) is 26.0. The molecule has 0 fully saturated rings. The van der Waals surface area contributed by atoms with Crippen molar-refractivity contribution < 1.29 is 19.0 Å². The molecule has 3 heterocycles. The fourth-order valence-electron chi connectivity index (χ4n) is 4.16. The molecular formula is C25H18ClFN6O3S2. The van der Waals surface area contributed by atoms with Crippen LogP contribution >= 0.6 is 34.7 Å². The van der Waals surface area contributed by atoms with Gasteiger partial charge in [-0.15, -0.1) is 10.2 Å². The first-order valence-corrected chi connectivity index (χ1v) is 13.2. The molecule has 1 aliphatic carbocycles. The van der Waals surface area contributed by atoms with Gasteiger partial charge in [-0.3, -0.25) is 15.1 Å². The maximum atomic E-state index is 15.0. The Morgan fingerprint density at radius 1 is 1.32 bits per heavy atom. The summed E-state index contributed by atoms with van der Waals surface area (Å²) in [6.45, 7) is 1.71. The zero-order chi connectivity index (χ0) is 27.0. The topological polar surface area (TPSA) is 134 Å². The van der Waals surface area contributed by atoms with Crippen molar-refractivity contribution in [3.8, 4) is 22.9 Å². The Morgan fingerprint density at radius 2 is 2.13 bits per heavy atom. The van der Waals surface area contributed by atoms with Gasteiger partial charge in [0.05, 0.1) is 42.2 Å². The highest BCUT2D eigenvalue weighted by molar-refractivity contribution is 8.01. The van der Waals surface area contributed by atoms with Gasteiger partial charge in [-0.1, -0.05) is 40.8 Å². The molecule has 192 valence electrons. The summed E-state index contributed by atoms with van der Waals surface area (Å²) in [5, 5.41) is 30.4. The first-order chi connectivity index (χ1) is 18.3. The van der Waals surface area contributed by atoms with E-state index in [1.165, 1.54) is 31.3 Å². The summed E-state index contributed by atoms with van der Waals surface area (Å²) < 4.78 is 20.8. The molecule has 4 aromatic rings. The lowest BCUT2D eigenvalue weighted by atomic mass is 10.00. The molecule has 9 nitrogen and oxygen atoms in total. The van der Waals surface area contributed by atoms with Gasteiger partial charge in [-0.05, 0) is 42.7 Å². The van der Waals surface area contributed by atoms with Gasteiger partial charge in [0.1, 0.15) is 5.75 Å². The van der Waals surface area contributed by atoms with Gasteiger partial charge in [0.15, 0.2) is 15.3 Å². The van der Waals surface area contributed by atoms with Gasteiger partial charge >= 0.3 is 0 Å². The third-order valence-electron chi connectivity index (χ3n) is 5.96. The number of nitriles is 1. The van der Waals surface area contributed by atoms with Crippen molar-refractivity contribution >= 4 is 45.7 Å². The molecule has 0 aliphatic heterocycles. The van der Waals surface area contributed by atoms with Crippen LogP contribution in [0.4, 0.5) is 9.52 Å². The Balaban J connectivity index is 1.36. The summed E-state index contributed by atoms with van der Waals surface area (Å²) in [5.74, 6) is -1.29. The predicted octanol–water partition coefficient (Wildman–Crippen LogP) is 4.98. The average molecular weight is 569 g/mol. The first-order valence-electron chi connectivity index (χ1n) is 11.2. The van der Waals surface area contributed by atoms with E-state index in [9.17, 15) is 9.90 Å². The van der Waals surface area contributed by atoms with Gasteiger partial charge in [-0.2, -0.15) is 5.26 Å². The van der Waals surface area contributed by atoms with Crippen LogP contribution in [0, 0.1) is 24.1 Å². The molecule has 1 aromatic carbocycles. The van der Waals surface area contributed by atoms with E-state index < -0.39 is 17.8 Å². The molecule has 1 aliphatic rings. The minimum absolute atomic E-state index is 0.00833. The molecule has 0 saturated carbocycles. The summed E-state index contributed by atoms with van der Waals surface area (Å²) >= 11 is 8.40. The number of aryl methyl sites for hydroxylation is 1. The number of nitrogens with one attached hydrogen (secondary N) is 1. The standard InChI is InChI=1S/C25H18ClFN6O3S2/c1-11-5-15(19-17(36-2)10-30-22(26)20(19)27)16(9-29-11)23(35)31-24-32-33-25(38-24)37-18-7-13-4-3-12(8-28)6-14(13)21(18)34/h3-6,9-10,18,21,34H,7H2,1-2H3,(H,31,32,35)/t18-,21+/m0/s1. The quantitative estimate of drug-likeness (QED) is 0.244. The number of amides is 1. The van der Waals surface area contributed by atoms with Crippen LogP contribution in [0.3, 0.4) is 0 Å². The van der Waals surface area contributed by atoms with Gasteiger partial charge < -0.3 is 9.84 Å². The Hall–Kier alpha value is -3.63. The molecule has 1 amide bonds. The highest BCUT2D eigenvalue weighted by Gasteiger charge is 2.33. The van der Waals surface area contributed by atoms with Gasteiger partial charge in [0, 0.05) is 22.7 Å². The number of thioether (sulfide) groups is 1. The molecule has 0 saturated heterocycles. The lowest BCUT2D eigenvalue weighted by Crippen LogP contribution is -2.14. The Labute approximate surface area is 229 Å². The maximum absolute atomic E-state index is 15.0. The number of methoxy groups -OCH3 is 1. The second-order valence-electron chi connectivity index (χ2n) is 8.34. The number of carbonyl (C=O) groups excluding carboxylic acids is 1. The van der Waals surface area contributed by atoms with Crippen molar-refractivity contribution in [2.75, 3.05) is 12.4 Å². The second kappa shape index (κ2) is 10.6. The average Bonchev–Trinajstić information content (AvgIpc) is 3.48. The summed E-state index contributed by atoms with van der Waals surface area (Å²) in [6.07, 6.45) is 2.46. The van der Waals surface area contributed by atoms with E-state index in [1.54, 1.807) is 25.1 Å². The fraction of sp³-hybridized carbons (Fsp3) is 0.200.